The molecule has 0 radical (unpaired) electrons. The van der Waals surface area contributed by atoms with Gasteiger partial charge in [-0.1, -0.05) is 36.4 Å². The molecule has 0 heterocycles. The molecule has 0 aliphatic carbocycles. The van der Waals surface area contributed by atoms with E-state index >= 15 is 0 Å². The summed E-state index contributed by atoms with van der Waals surface area (Å²) in [7, 11) is 0. The van der Waals surface area contributed by atoms with Crippen molar-refractivity contribution in [1.29, 1.82) is 0 Å². The Labute approximate surface area is 97.7 Å². The molecule has 0 saturated heterocycles. The molecule has 0 saturated carbocycles. The maximum Gasteiger partial charge on any atom is 0.289 e. The molecule has 0 aliphatic heterocycles. The first-order valence-corrected chi connectivity index (χ1v) is 5.27. The lowest BCUT2D eigenvalue weighted by Crippen LogP contribution is -2.36. The molecule has 2 nitrogen and oxygen atoms in total. The number of benzene rings is 2. The second kappa shape index (κ2) is 4.39. The van der Waals surface area contributed by atoms with Crippen molar-refractivity contribution in [2.45, 2.75) is 12.0 Å². The number of rotatable bonds is 3. The molecule has 0 amide bonds. The van der Waals surface area contributed by atoms with E-state index in [0.29, 0.717) is 5.56 Å². The highest BCUT2D eigenvalue weighted by Crippen LogP contribution is 2.30. The lowest BCUT2D eigenvalue weighted by molar-refractivity contribution is -0.0711. The van der Waals surface area contributed by atoms with Gasteiger partial charge in [-0.15, -0.1) is 0 Å². The Morgan fingerprint density at radius 3 is 2.41 bits per heavy atom. The minimum atomic E-state index is -3.30. The van der Waals surface area contributed by atoms with Crippen LogP contribution in [0.2, 0.25) is 0 Å². The van der Waals surface area contributed by atoms with E-state index in [-0.39, 0.29) is 0 Å². The Kier molecular flexibility index (Phi) is 3.09. The summed E-state index contributed by atoms with van der Waals surface area (Å²) in [6, 6.07) is 10.9. The van der Waals surface area contributed by atoms with Gasteiger partial charge in [0, 0.05) is 0 Å². The predicted octanol–water partition coefficient (Wildman–Crippen LogP) is 2.47. The average molecular weight is 237 g/mol. The first kappa shape index (κ1) is 12.0. The van der Waals surface area contributed by atoms with Crippen LogP contribution in [0.3, 0.4) is 0 Å². The number of fused-ring (bicyclic) bond motifs is 1. The summed E-state index contributed by atoms with van der Waals surface area (Å²) in [5, 5.41) is 10.4. The Balaban J connectivity index is 2.43. The smallest absolute Gasteiger partial charge is 0.289 e. The van der Waals surface area contributed by atoms with Crippen LogP contribution in [0, 0.1) is 0 Å². The monoisotopic (exact) mass is 237 g/mol. The van der Waals surface area contributed by atoms with Gasteiger partial charge < -0.3 is 10.8 Å². The third kappa shape index (κ3) is 2.28. The topological polar surface area (TPSA) is 46.2 Å². The SMILES string of the molecule is N[C@@H](c1ccc2ccccc2c1)C(F)(F)CO. The molecule has 0 aromatic heterocycles. The van der Waals surface area contributed by atoms with Crippen molar-refractivity contribution in [2.75, 3.05) is 6.61 Å². The highest BCUT2D eigenvalue weighted by Gasteiger charge is 2.37. The minimum absolute atomic E-state index is 0.322. The quantitative estimate of drug-likeness (QED) is 0.861. The maximum absolute atomic E-state index is 13.3. The van der Waals surface area contributed by atoms with E-state index in [2.05, 4.69) is 0 Å². The largest absolute Gasteiger partial charge is 0.390 e. The molecule has 3 N–H and O–H groups in total. The predicted molar refractivity (Wildman–Crippen MR) is 62.9 cm³/mol. The van der Waals surface area contributed by atoms with Crippen LogP contribution in [-0.2, 0) is 0 Å². The Bertz CT molecular complexity index is 528. The van der Waals surface area contributed by atoms with E-state index in [1.165, 1.54) is 0 Å². The third-order valence-corrected chi connectivity index (χ3v) is 2.80. The molecular formula is C13H13F2NO. The van der Waals surface area contributed by atoms with E-state index in [1.54, 1.807) is 18.2 Å². The molecule has 1 atom stereocenters. The van der Waals surface area contributed by atoms with E-state index in [0.717, 1.165) is 10.8 Å². The molecule has 0 spiro atoms. The van der Waals surface area contributed by atoms with Crippen molar-refractivity contribution in [3.05, 3.63) is 48.0 Å². The molecule has 0 fully saturated rings. The zero-order valence-electron chi connectivity index (χ0n) is 9.11. The number of nitrogens with two attached hydrogens (primary N) is 1. The minimum Gasteiger partial charge on any atom is -0.390 e. The van der Waals surface area contributed by atoms with Gasteiger partial charge in [0.05, 0.1) is 6.04 Å². The van der Waals surface area contributed by atoms with Crippen molar-refractivity contribution in [3.8, 4) is 0 Å². The number of aliphatic hydroxyl groups is 1. The first-order chi connectivity index (χ1) is 8.04. The van der Waals surface area contributed by atoms with Crippen LogP contribution in [-0.4, -0.2) is 17.6 Å². The van der Waals surface area contributed by atoms with Gasteiger partial charge in [-0.3, -0.25) is 0 Å². The van der Waals surface area contributed by atoms with Gasteiger partial charge in [0.2, 0.25) is 0 Å². The number of hydrogen-bond acceptors (Lipinski definition) is 2. The zero-order chi connectivity index (χ0) is 12.5. The Hall–Kier alpha value is -1.52. The van der Waals surface area contributed by atoms with E-state index in [4.69, 9.17) is 10.8 Å². The molecule has 2 rings (SSSR count). The van der Waals surface area contributed by atoms with Crippen molar-refractivity contribution in [1.82, 2.24) is 0 Å². The van der Waals surface area contributed by atoms with E-state index in [1.807, 2.05) is 24.3 Å². The Morgan fingerprint density at radius 1 is 1.12 bits per heavy atom. The average Bonchev–Trinajstić information content (AvgIpc) is 2.37. The molecule has 2 aromatic carbocycles. The zero-order valence-corrected chi connectivity index (χ0v) is 9.11. The van der Waals surface area contributed by atoms with Crippen molar-refractivity contribution >= 4 is 10.8 Å². The van der Waals surface area contributed by atoms with Gasteiger partial charge in [0.1, 0.15) is 6.61 Å². The second-order valence-corrected chi connectivity index (χ2v) is 4.00. The highest BCUT2D eigenvalue weighted by molar-refractivity contribution is 5.83. The summed E-state index contributed by atoms with van der Waals surface area (Å²) in [4.78, 5) is 0. The first-order valence-electron chi connectivity index (χ1n) is 5.27. The maximum atomic E-state index is 13.3. The molecule has 90 valence electrons. The second-order valence-electron chi connectivity index (χ2n) is 4.00. The summed E-state index contributed by atoms with van der Waals surface area (Å²) in [5.41, 5.74) is 5.79. The third-order valence-electron chi connectivity index (χ3n) is 2.80. The van der Waals surface area contributed by atoms with Crippen LogP contribution < -0.4 is 5.73 Å². The standard InChI is InChI=1S/C13H13F2NO/c14-13(15,8-17)12(16)11-6-5-9-3-1-2-4-10(9)7-11/h1-7,12,17H,8,16H2/t12-/m0/s1. The number of aliphatic hydroxyl groups excluding tert-OH is 1. The van der Waals surface area contributed by atoms with Crippen LogP contribution in [0.1, 0.15) is 11.6 Å². The normalized spacial score (nSPS) is 13.9. The van der Waals surface area contributed by atoms with E-state index in [9.17, 15) is 8.78 Å². The molecule has 0 aliphatic rings. The summed E-state index contributed by atoms with van der Waals surface area (Å²) in [5.74, 6) is -3.30. The molecular weight excluding hydrogens is 224 g/mol. The molecule has 17 heavy (non-hydrogen) atoms. The molecule has 0 unspecified atom stereocenters. The summed E-state index contributed by atoms with van der Waals surface area (Å²) in [6.45, 7) is -1.25. The van der Waals surface area contributed by atoms with Gasteiger partial charge >= 0.3 is 0 Å². The van der Waals surface area contributed by atoms with Crippen LogP contribution >= 0.6 is 0 Å². The fourth-order valence-corrected chi connectivity index (χ4v) is 1.74. The molecule has 2 aromatic rings. The summed E-state index contributed by atoms with van der Waals surface area (Å²) in [6.07, 6.45) is 0. The van der Waals surface area contributed by atoms with Crippen molar-refractivity contribution in [3.63, 3.8) is 0 Å². The molecule has 4 heteroatoms. The van der Waals surface area contributed by atoms with E-state index < -0.39 is 18.6 Å². The van der Waals surface area contributed by atoms with Crippen LogP contribution in [0.25, 0.3) is 10.8 Å². The fourth-order valence-electron chi connectivity index (χ4n) is 1.74. The van der Waals surface area contributed by atoms with Gasteiger partial charge in [-0.05, 0) is 22.4 Å². The van der Waals surface area contributed by atoms with Crippen LogP contribution in [0.5, 0.6) is 0 Å². The van der Waals surface area contributed by atoms with Gasteiger partial charge in [0.25, 0.3) is 5.92 Å². The number of halogens is 2. The van der Waals surface area contributed by atoms with Crippen molar-refractivity contribution < 1.29 is 13.9 Å². The lowest BCUT2D eigenvalue weighted by Gasteiger charge is -2.21. The van der Waals surface area contributed by atoms with Gasteiger partial charge in [-0.25, -0.2) is 8.78 Å². The van der Waals surface area contributed by atoms with Gasteiger partial charge in [-0.2, -0.15) is 0 Å². The van der Waals surface area contributed by atoms with Crippen molar-refractivity contribution in [2.24, 2.45) is 5.73 Å². The Morgan fingerprint density at radius 2 is 1.76 bits per heavy atom. The highest BCUT2D eigenvalue weighted by atomic mass is 19.3. The fraction of sp³-hybridized carbons (Fsp3) is 0.231. The number of alkyl halides is 2. The number of hydrogen-bond donors (Lipinski definition) is 2. The summed E-state index contributed by atoms with van der Waals surface area (Å²) < 4.78 is 26.5. The van der Waals surface area contributed by atoms with Crippen LogP contribution in [0.15, 0.2) is 42.5 Å². The van der Waals surface area contributed by atoms with Crippen LogP contribution in [0.4, 0.5) is 8.78 Å². The molecule has 0 bridgehead atoms. The lowest BCUT2D eigenvalue weighted by atomic mass is 9.98. The summed E-state index contributed by atoms with van der Waals surface area (Å²) >= 11 is 0. The van der Waals surface area contributed by atoms with Gasteiger partial charge in [0.15, 0.2) is 0 Å².